The number of furan rings is 1. The molecule has 0 aliphatic carbocycles. The Morgan fingerprint density at radius 3 is 2.88 bits per heavy atom. The number of rotatable bonds is 2. The van der Waals surface area contributed by atoms with E-state index in [1.165, 1.54) is 6.33 Å². The number of aryl methyl sites for hydroxylation is 1. The number of carbonyl (C=O) groups is 1. The molecule has 1 aromatic carbocycles. The fraction of sp³-hybridized carbons (Fsp3) is 0.278. The van der Waals surface area contributed by atoms with Crippen LogP contribution in [-0.4, -0.2) is 39.0 Å². The van der Waals surface area contributed by atoms with Crippen molar-refractivity contribution in [1.29, 1.82) is 0 Å². The number of aliphatic hydroxyl groups is 1. The Balaban J connectivity index is 1.97. The van der Waals surface area contributed by atoms with Crippen molar-refractivity contribution in [3.8, 4) is 11.1 Å². The largest absolute Gasteiger partial charge is 0.459 e. The lowest BCUT2D eigenvalue weighted by atomic mass is 9.96. The van der Waals surface area contributed by atoms with E-state index >= 15 is 0 Å². The van der Waals surface area contributed by atoms with Gasteiger partial charge < -0.3 is 14.4 Å². The lowest BCUT2D eigenvalue weighted by Crippen LogP contribution is -2.37. The molecule has 2 aromatic heterocycles. The Morgan fingerprint density at radius 2 is 2.16 bits per heavy atom. The van der Waals surface area contributed by atoms with Gasteiger partial charge in [-0.1, -0.05) is 11.6 Å². The number of hydrogen-bond donors (Lipinski definition) is 1. The Bertz CT molecular complexity index is 969. The second-order valence-corrected chi connectivity index (χ2v) is 6.49. The highest BCUT2D eigenvalue weighted by atomic mass is 35.5. The van der Waals surface area contributed by atoms with Crippen LogP contribution in [-0.2, 0) is 17.8 Å². The summed E-state index contributed by atoms with van der Waals surface area (Å²) in [5, 5.41) is 10.6. The fourth-order valence-electron chi connectivity index (χ4n) is 3.34. The van der Waals surface area contributed by atoms with Crippen LogP contribution in [0.2, 0.25) is 5.02 Å². The molecule has 25 heavy (non-hydrogen) atoms. The average molecular weight is 358 g/mol. The lowest BCUT2D eigenvalue weighted by Gasteiger charge is -2.26. The van der Waals surface area contributed by atoms with Gasteiger partial charge in [-0.15, -0.1) is 0 Å². The average Bonchev–Trinajstić information content (AvgIpc) is 3.03. The van der Waals surface area contributed by atoms with Crippen LogP contribution < -0.4 is 0 Å². The lowest BCUT2D eigenvalue weighted by molar-refractivity contribution is -0.135. The molecule has 4 rings (SSSR count). The van der Waals surface area contributed by atoms with Crippen molar-refractivity contribution in [3.63, 3.8) is 0 Å². The van der Waals surface area contributed by atoms with Crippen molar-refractivity contribution < 1.29 is 14.3 Å². The first-order valence-electron chi connectivity index (χ1n) is 7.97. The first-order chi connectivity index (χ1) is 12.1. The van der Waals surface area contributed by atoms with E-state index in [1.807, 2.05) is 13.0 Å². The first kappa shape index (κ1) is 16.1. The zero-order valence-corrected chi connectivity index (χ0v) is 14.4. The Hall–Kier alpha value is -2.44. The maximum atomic E-state index is 11.9. The van der Waals surface area contributed by atoms with Crippen LogP contribution in [0.1, 0.15) is 16.9 Å². The third-order valence-electron chi connectivity index (χ3n) is 4.58. The third kappa shape index (κ3) is 2.58. The normalized spacial score (nSPS) is 14.0. The molecule has 0 spiro atoms. The van der Waals surface area contributed by atoms with Crippen molar-refractivity contribution in [2.75, 3.05) is 13.2 Å². The summed E-state index contributed by atoms with van der Waals surface area (Å²) in [5.41, 5.74) is 4.26. The summed E-state index contributed by atoms with van der Waals surface area (Å²) in [6.07, 6.45) is 5.56. The molecule has 0 saturated heterocycles. The number of nitrogens with zero attached hydrogens (tertiary/aromatic N) is 3. The van der Waals surface area contributed by atoms with Crippen molar-refractivity contribution in [1.82, 2.24) is 14.9 Å². The number of benzene rings is 1. The topological polar surface area (TPSA) is 79.5 Å². The molecule has 7 heteroatoms. The number of aromatic nitrogens is 2. The van der Waals surface area contributed by atoms with Gasteiger partial charge >= 0.3 is 0 Å². The maximum Gasteiger partial charge on any atom is 0.248 e. The van der Waals surface area contributed by atoms with Crippen molar-refractivity contribution in [2.24, 2.45) is 0 Å². The Kier molecular flexibility index (Phi) is 3.94. The van der Waals surface area contributed by atoms with Crippen molar-refractivity contribution >= 4 is 28.5 Å². The van der Waals surface area contributed by atoms with Crippen LogP contribution in [0.15, 0.2) is 29.2 Å². The summed E-state index contributed by atoms with van der Waals surface area (Å²) in [4.78, 5) is 21.7. The monoisotopic (exact) mass is 357 g/mol. The second kappa shape index (κ2) is 6.13. The second-order valence-electron chi connectivity index (χ2n) is 6.11. The van der Waals surface area contributed by atoms with E-state index in [-0.39, 0.29) is 5.91 Å². The highest BCUT2D eigenvalue weighted by Crippen LogP contribution is 2.42. The predicted octanol–water partition coefficient (Wildman–Crippen LogP) is 2.73. The summed E-state index contributed by atoms with van der Waals surface area (Å²) in [7, 11) is 0. The summed E-state index contributed by atoms with van der Waals surface area (Å²) in [5.74, 6) is 0.547. The number of hydrogen-bond acceptors (Lipinski definition) is 5. The molecule has 6 nitrogen and oxygen atoms in total. The quantitative estimate of drug-likeness (QED) is 0.762. The fourth-order valence-corrected chi connectivity index (χ4v) is 3.52. The van der Waals surface area contributed by atoms with Crippen LogP contribution in [0.5, 0.6) is 0 Å². The molecule has 1 aliphatic heterocycles. The highest BCUT2D eigenvalue weighted by Gasteiger charge is 2.28. The van der Waals surface area contributed by atoms with Gasteiger partial charge in [0, 0.05) is 48.4 Å². The van der Waals surface area contributed by atoms with Gasteiger partial charge in [0.1, 0.15) is 18.7 Å². The minimum absolute atomic E-state index is 0.289. The number of fused-ring (bicyclic) bond motifs is 3. The van der Waals surface area contributed by atoms with Gasteiger partial charge in [-0.05, 0) is 24.1 Å². The van der Waals surface area contributed by atoms with Gasteiger partial charge in [-0.25, -0.2) is 9.97 Å². The first-order valence-corrected chi connectivity index (χ1v) is 8.35. The molecule has 0 unspecified atom stereocenters. The van der Waals surface area contributed by atoms with Gasteiger partial charge in [0.25, 0.3) is 0 Å². The molecule has 0 bridgehead atoms. The molecule has 1 aliphatic rings. The molecular weight excluding hydrogens is 342 g/mol. The Labute approximate surface area is 149 Å². The summed E-state index contributed by atoms with van der Waals surface area (Å²) >= 11 is 6.49. The van der Waals surface area contributed by atoms with Gasteiger partial charge in [0.05, 0.1) is 5.02 Å². The molecule has 3 heterocycles. The van der Waals surface area contributed by atoms with E-state index in [1.54, 1.807) is 17.3 Å². The number of amides is 1. The zero-order chi connectivity index (χ0) is 17.6. The van der Waals surface area contributed by atoms with E-state index in [9.17, 15) is 4.79 Å². The minimum atomic E-state index is -0.496. The molecule has 1 N–H and O–H groups in total. The summed E-state index contributed by atoms with van der Waals surface area (Å²) in [6, 6.07) is 1.99. The van der Waals surface area contributed by atoms with Crippen molar-refractivity contribution in [2.45, 2.75) is 19.9 Å². The molecular formula is C18H16ClN3O3. The molecule has 0 atom stereocenters. The minimum Gasteiger partial charge on any atom is -0.459 e. The zero-order valence-electron chi connectivity index (χ0n) is 13.6. The summed E-state index contributed by atoms with van der Waals surface area (Å²) in [6.45, 7) is 2.34. The van der Waals surface area contributed by atoms with Crippen LogP contribution >= 0.6 is 11.6 Å². The van der Waals surface area contributed by atoms with E-state index in [2.05, 4.69) is 9.97 Å². The smallest absolute Gasteiger partial charge is 0.248 e. The van der Waals surface area contributed by atoms with Crippen LogP contribution in [0.3, 0.4) is 0 Å². The molecule has 128 valence electrons. The van der Waals surface area contributed by atoms with Gasteiger partial charge in [0.2, 0.25) is 5.91 Å². The molecule has 1 amide bonds. The van der Waals surface area contributed by atoms with E-state index in [4.69, 9.17) is 21.1 Å². The number of aliphatic hydroxyl groups excluding tert-OH is 1. The Morgan fingerprint density at radius 1 is 1.40 bits per heavy atom. The summed E-state index contributed by atoms with van der Waals surface area (Å²) < 4.78 is 6.05. The molecule has 0 radical (unpaired) electrons. The van der Waals surface area contributed by atoms with Gasteiger partial charge in [0.15, 0.2) is 5.58 Å². The highest BCUT2D eigenvalue weighted by molar-refractivity contribution is 6.36. The molecule has 0 fully saturated rings. The predicted molar refractivity (Wildman–Crippen MR) is 93.2 cm³/mol. The number of halogens is 1. The van der Waals surface area contributed by atoms with E-state index in [0.29, 0.717) is 30.1 Å². The van der Waals surface area contributed by atoms with Gasteiger partial charge in [-0.2, -0.15) is 0 Å². The third-order valence-corrected chi connectivity index (χ3v) is 5.05. The molecule has 0 saturated carbocycles. The molecule has 3 aromatic rings. The number of carbonyl (C=O) groups excluding carboxylic acids is 1. The SMILES string of the molecule is Cc1cc(-c2cncnc2)c2c3c(oc2c1Cl)CCN(C(=O)CO)C3. The van der Waals surface area contributed by atoms with Gasteiger partial charge in [-0.3, -0.25) is 4.79 Å². The van der Waals surface area contributed by atoms with E-state index < -0.39 is 6.61 Å². The standard InChI is InChI=1S/C18H16ClN3O3/c1-10-4-12(11-5-20-9-21-6-11)16-13-7-22(15(24)8-23)3-2-14(13)25-18(16)17(10)19/h4-6,9,23H,2-3,7-8H2,1H3. The van der Waals surface area contributed by atoms with Crippen molar-refractivity contribution in [3.05, 3.63) is 46.7 Å². The van der Waals surface area contributed by atoms with E-state index in [0.717, 1.165) is 33.4 Å². The van der Waals surface area contributed by atoms with Crippen LogP contribution in [0.25, 0.3) is 22.1 Å². The van der Waals surface area contributed by atoms with Crippen LogP contribution in [0, 0.1) is 6.92 Å². The van der Waals surface area contributed by atoms with Crippen LogP contribution in [0.4, 0.5) is 0 Å². The maximum absolute atomic E-state index is 11.9.